The van der Waals surface area contributed by atoms with Crippen molar-refractivity contribution >= 4 is 11.6 Å². The highest BCUT2D eigenvalue weighted by Gasteiger charge is 2.22. The van der Waals surface area contributed by atoms with Crippen LogP contribution >= 0.6 is 0 Å². The lowest BCUT2D eigenvalue weighted by atomic mass is 10.1. The highest BCUT2D eigenvalue weighted by Crippen LogP contribution is 2.20. The minimum atomic E-state index is -0.338. The number of hydrogen-bond acceptors (Lipinski definition) is 3. The van der Waals surface area contributed by atoms with Crippen LogP contribution in [0.5, 0.6) is 0 Å². The predicted molar refractivity (Wildman–Crippen MR) is 114 cm³/mol. The SMILES string of the molecule is CC(C)=CCn1c(-c2ccc(F)cc2)cn2cc(C(=O)N3CCCCC3)nc2c1=O. The van der Waals surface area contributed by atoms with E-state index in [9.17, 15) is 14.0 Å². The van der Waals surface area contributed by atoms with Gasteiger partial charge in [-0.25, -0.2) is 9.37 Å². The zero-order chi connectivity index (χ0) is 21.3. The van der Waals surface area contributed by atoms with Gasteiger partial charge in [-0.05, 0) is 62.9 Å². The molecule has 1 aliphatic heterocycles. The van der Waals surface area contributed by atoms with Gasteiger partial charge in [-0.15, -0.1) is 0 Å². The van der Waals surface area contributed by atoms with Crippen LogP contribution in [-0.2, 0) is 6.54 Å². The van der Waals surface area contributed by atoms with E-state index in [4.69, 9.17) is 0 Å². The number of halogens is 1. The third kappa shape index (κ3) is 3.92. The van der Waals surface area contributed by atoms with Gasteiger partial charge < -0.3 is 4.90 Å². The zero-order valence-electron chi connectivity index (χ0n) is 17.3. The molecule has 0 atom stereocenters. The fraction of sp³-hybridized carbons (Fsp3) is 0.348. The Balaban J connectivity index is 1.84. The standard InChI is InChI=1S/C23H25FN4O2/c1-16(2)10-13-28-20(17-6-8-18(24)9-7-17)15-27-14-19(25-21(27)23(28)30)22(29)26-11-4-3-5-12-26/h6-10,14-15H,3-5,11-13H2,1-2H3. The van der Waals surface area contributed by atoms with Gasteiger partial charge in [-0.2, -0.15) is 0 Å². The maximum Gasteiger partial charge on any atom is 0.295 e. The van der Waals surface area contributed by atoms with Gasteiger partial charge in [0.15, 0.2) is 0 Å². The summed E-state index contributed by atoms with van der Waals surface area (Å²) in [5.74, 6) is -0.480. The number of nitrogens with zero attached hydrogens (tertiary/aromatic N) is 4. The van der Waals surface area contributed by atoms with E-state index in [1.165, 1.54) is 12.1 Å². The van der Waals surface area contributed by atoms with Gasteiger partial charge >= 0.3 is 0 Å². The Kier molecular flexibility index (Phi) is 5.53. The molecule has 0 unspecified atom stereocenters. The second kappa shape index (κ2) is 8.26. The van der Waals surface area contributed by atoms with Gasteiger partial charge in [0.25, 0.3) is 11.5 Å². The first-order valence-electron chi connectivity index (χ1n) is 10.2. The van der Waals surface area contributed by atoms with Crippen LogP contribution in [-0.4, -0.2) is 37.8 Å². The molecule has 0 spiro atoms. The lowest BCUT2D eigenvalue weighted by molar-refractivity contribution is 0.0719. The maximum atomic E-state index is 13.4. The zero-order valence-corrected chi connectivity index (χ0v) is 17.3. The summed E-state index contributed by atoms with van der Waals surface area (Å²) < 4.78 is 16.6. The van der Waals surface area contributed by atoms with Crippen molar-refractivity contribution in [2.45, 2.75) is 39.7 Å². The summed E-state index contributed by atoms with van der Waals surface area (Å²) in [7, 11) is 0. The maximum absolute atomic E-state index is 13.4. The average molecular weight is 408 g/mol. The lowest BCUT2D eigenvalue weighted by Gasteiger charge is -2.25. The van der Waals surface area contributed by atoms with Crippen LogP contribution in [0, 0.1) is 5.82 Å². The van der Waals surface area contributed by atoms with Crippen molar-refractivity contribution < 1.29 is 9.18 Å². The van der Waals surface area contributed by atoms with Gasteiger partial charge in [0.05, 0.1) is 5.69 Å². The molecule has 0 bridgehead atoms. The molecule has 1 amide bonds. The molecular weight excluding hydrogens is 383 g/mol. The van der Waals surface area contributed by atoms with Crippen LogP contribution in [0.25, 0.3) is 16.9 Å². The van der Waals surface area contributed by atoms with Gasteiger partial charge in [0.1, 0.15) is 11.5 Å². The van der Waals surface area contributed by atoms with Gasteiger partial charge in [-0.1, -0.05) is 11.6 Å². The van der Waals surface area contributed by atoms with Crippen molar-refractivity contribution in [2.75, 3.05) is 13.1 Å². The van der Waals surface area contributed by atoms with E-state index in [0.29, 0.717) is 12.2 Å². The van der Waals surface area contributed by atoms with Crippen molar-refractivity contribution in [2.24, 2.45) is 0 Å². The molecule has 156 valence electrons. The molecule has 0 N–H and O–H groups in total. The van der Waals surface area contributed by atoms with E-state index >= 15 is 0 Å². The van der Waals surface area contributed by atoms with E-state index in [1.54, 1.807) is 38.4 Å². The van der Waals surface area contributed by atoms with E-state index in [1.807, 2.05) is 19.9 Å². The number of likely N-dealkylation sites (tertiary alicyclic amines) is 1. The number of hydrogen-bond donors (Lipinski definition) is 0. The molecule has 30 heavy (non-hydrogen) atoms. The van der Waals surface area contributed by atoms with E-state index < -0.39 is 0 Å². The molecule has 4 rings (SSSR count). The van der Waals surface area contributed by atoms with Gasteiger partial charge in [0, 0.05) is 32.0 Å². The molecule has 0 aliphatic carbocycles. The minimum Gasteiger partial charge on any atom is -0.337 e. The third-order valence-corrected chi connectivity index (χ3v) is 5.41. The minimum absolute atomic E-state index is 0.142. The van der Waals surface area contributed by atoms with Gasteiger partial charge in [-0.3, -0.25) is 18.6 Å². The summed E-state index contributed by atoms with van der Waals surface area (Å²) in [6, 6.07) is 6.03. The van der Waals surface area contributed by atoms with E-state index in [2.05, 4.69) is 4.98 Å². The first-order valence-corrected chi connectivity index (χ1v) is 10.2. The molecule has 7 heteroatoms. The summed E-state index contributed by atoms with van der Waals surface area (Å²) in [5.41, 5.74) is 2.64. The van der Waals surface area contributed by atoms with Gasteiger partial charge in [0.2, 0.25) is 5.65 Å². The van der Waals surface area contributed by atoms with Crippen molar-refractivity contribution in [1.29, 1.82) is 0 Å². The number of rotatable bonds is 4. The first-order chi connectivity index (χ1) is 14.4. The average Bonchev–Trinajstić information content (AvgIpc) is 3.18. The second-order valence-electron chi connectivity index (χ2n) is 7.93. The van der Waals surface area contributed by atoms with Crippen LogP contribution in [0.15, 0.2) is 53.1 Å². The number of allylic oxidation sites excluding steroid dienone is 2. The fourth-order valence-electron chi connectivity index (χ4n) is 3.75. The Morgan fingerprint density at radius 2 is 1.80 bits per heavy atom. The van der Waals surface area contributed by atoms with Crippen LogP contribution in [0.2, 0.25) is 0 Å². The molecule has 1 aliphatic rings. The molecule has 2 aromatic heterocycles. The van der Waals surface area contributed by atoms with E-state index in [-0.39, 0.29) is 28.6 Å². The fourth-order valence-corrected chi connectivity index (χ4v) is 3.75. The number of benzene rings is 1. The Labute approximate surface area is 174 Å². The number of fused-ring (bicyclic) bond motifs is 1. The number of piperidine rings is 1. The van der Waals surface area contributed by atoms with Crippen LogP contribution in [0.3, 0.4) is 0 Å². The number of carbonyl (C=O) groups is 1. The summed E-state index contributed by atoms with van der Waals surface area (Å²) in [6.45, 7) is 5.74. The van der Waals surface area contributed by atoms with Crippen LogP contribution < -0.4 is 5.56 Å². The highest BCUT2D eigenvalue weighted by molar-refractivity contribution is 5.93. The van der Waals surface area contributed by atoms with Crippen LogP contribution in [0.1, 0.15) is 43.6 Å². The lowest BCUT2D eigenvalue weighted by Crippen LogP contribution is -2.35. The van der Waals surface area contributed by atoms with E-state index in [0.717, 1.165) is 43.5 Å². The Bertz CT molecular complexity index is 1160. The molecule has 0 radical (unpaired) electrons. The number of carbonyl (C=O) groups excluding carboxylic acids is 1. The molecule has 1 aromatic carbocycles. The van der Waals surface area contributed by atoms with Crippen molar-refractivity contribution in [3.05, 3.63) is 70.2 Å². The largest absolute Gasteiger partial charge is 0.337 e. The van der Waals surface area contributed by atoms with Crippen molar-refractivity contribution in [3.63, 3.8) is 0 Å². The molecular formula is C23H25FN4O2. The Morgan fingerprint density at radius 3 is 2.47 bits per heavy atom. The number of imidazole rings is 1. The first kappa shape index (κ1) is 20.1. The molecule has 1 saturated heterocycles. The smallest absolute Gasteiger partial charge is 0.295 e. The topological polar surface area (TPSA) is 59.6 Å². The van der Waals surface area contributed by atoms with Crippen LogP contribution in [0.4, 0.5) is 4.39 Å². The molecule has 0 saturated carbocycles. The second-order valence-corrected chi connectivity index (χ2v) is 7.93. The predicted octanol–water partition coefficient (Wildman–Crippen LogP) is 3.89. The molecule has 3 aromatic rings. The molecule has 3 heterocycles. The highest BCUT2D eigenvalue weighted by atomic mass is 19.1. The normalized spacial score (nSPS) is 14.2. The third-order valence-electron chi connectivity index (χ3n) is 5.41. The number of amides is 1. The molecule has 6 nitrogen and oxygen atoms in total. The van der Waals surface area contributed by atoms with Crippen molar-refractivity contribution in [1.82, 2.24) is 18.9 Å². The monoisotopic (exact) mass is 408 g/mol. The summed E-state index contributed by atoms with van der Waals surface area (Å²) in [4.78, 5) is 32.3. The Hall–Kier alpha value is -3.22. The summed E-state index contributed by atoms with van der Waals surface area (Å²) >= 11 is 0. The quantitative estimate of drug-likeness (QED) is 0.616. The summed E-state index contributed by atoms with van der Waals surface area (Å²) in [6.07, 6.45) is 8.46. The summed E-state index contributed by atoms with van der Waals surface area (Å²) in [5, 5.41) is 0. The Morgan fingerprint density at radius 1 is 1.10 bits per heavy atom. The number of aromatic nitrogens is 3. The molecule has 1 fully saturated rings. The van der Waals surface area contributed by atoms with Crippen molar-refractivity contribution in [3.8, 4) is 11.3 Å².